The van der Waals surface area contributed by atoms with Crippen LogP contribution in [-0.2, 0) is 6.42 Å². The van der Waals surface area contributed by atoms with E-state index in [1.165, 1.54) is 5.56 Å². The Balaban J connectivity index is 2.41. The molecule has 0 atom stereocenters. The molecule has 17 heavy (non-hydrogen) atoms. The van der Waals surface area contributed by atoms with Crippen LogP contribution in [0.5, 0.6) is 0 Å². The van der Waals surface area contributed by atoms with Gasteiger partial charge in [-0.25, -0.2) is 0 Å². The van der Waals surface area contributed by atoms with Crippen LogP contribution in [-0.4, -0.2) is 6.29 Å². The minimum Gasteiger partial charge on any atom is -0.298 e. The molecular formula is C15H13ClO. The van der Waals surface area contributed by atoms with Gasteiger partial charge in [0.15, 0.2) is 6.29 Å². The number of carbonyl (C=O) groups excluding carboxylic acids is 1. The third-order valence-corrected chi connectivity index (χ3v) is 3.16. The molecule has 86 valence electrons. The smallest absolute Gasteiger partial charge is 0.151 e. The summed E-state index contributed by atoms with van der Waals surface area (Å²) in [6, 6.07) is 13.8. The molecular weight excluding hydrogens is 232 g/mol. The molecule has 0 radical (unpaired) electrons. The van der Waals surface area contributed by atoms with Crippen molar-refractivity contribution in [2.75, 3.05) is 0 Å². The number of hydrogen-bond donors (Lipinski definition) is 0. The van der Waals surface area contributed by atoms with Crippen molar-refractivity contribution < 1.29 is 4.79 Å². The maximum absolute atomic E-state index is 10.8. The molecule has 2 rings (SSSR count). The van der Waals surface area contributed by atoms with Crippen molar-refractivity contribution in [3.05, 3.63) is 58.6 Å². The highest BCUT2D eigenvalue weighted by Crippen LogP contribution is 2.24. The third kappa shape index (κ3) is 2.56. The Hall–Kier alpha value is -1.60. The summed E-state index contributed by atoms with van der Waals surface area (Å²) in [6.07, 6.45) is 1.81. The summed E-state index contributed by atoms with van der Waals surface area (Å²) in [5, 5.41) is 0.494. The summed E-state index contributed by atoms with van der Waals surface area (Å²) >= 11 is 5.90. The summed E-state index contributed by atoms with van der Waals surface area (Å²) in [7, 11) is 0. The van der Waals surface area contributed by atoms with E-state index < -0.39 is 0 Å². The van der Waals surface area contributed by atoms with E-state index in [0.717, 1.165) is 23.8 Å². The van der Waals surface area contributed by atoms with Crippen LogP contribution >= 0.6 is 11.6 Å². The van der Waals surface area contributed by atoms with Gasteiger partial charge in [0, 0.05) is 5.56 Å². The number of carbonyl (C=O) groups is 1. The molecule has 0 saturated carbocycles. The molecule has 0 spiro atoms. The third-order valence-electron chi connectivity index (χ3n) is 2.82. The van der Waals surface area contributed by atoms with Gasteiger partial charge in [0.25, 0.3) is 0 Å². The largest absolute Gasteiger partial charge is 0.298 e. The number of aldehydes is 1. The second-order valence-electron chi connectivity index (χ2n) is 3.90. The first-order valence-electron chi connectivity index (χ1n) is 5.58. The zero-order valence-electron chi connectivity index (χ0n) is 9.61. The molecule has 0 saturated heterocycles. The van der Waals surface area contributed by atoms with Crippen molar-refractivity contribution in [3.63, 3.8) is 0 Å². The lowest BCUT2D eigenvalue weighted by atomic mass is 10.0. The highest BCUT2D eigenvalue weighted by Gasteiger charge is 2.03. The first-order chi connectivity index (χ1) is 8.24. The fraction of sp³-hybridized carbons (Fsp3) is 0.133. The molecule has 0 N–H and O–H groups in total. The van der Waals surface area contributed by atoms with Gasteiger partial charge < -0.3 is 0 Å². The summed E-state index contributed by atoms with van der Waals surface area (Å²) in [5.41, 5.74) is 3.95. The standard InChI is InChI=1S/C15H13ClO/c1-2-11-3-5-12(6-4-11)13-7-8-15(16)14(9-13)10-17/h3-10H,2H2,1H3. The number of hydrogen-bond acceptors (Lipinski definition) is 1. The lowest BCUT2D eigenvalue weighted by molar-refractivity contribution is 0.112. The molecule has 0 aromatic heterocycles. The van der Waals surface area contributed by atoms with E-state index in [9.17, 15) is 4.79 Å². The second kappa shape index (κ2) is 5.15. The number of aryl methyl sites for hydroxylation is 1. The van der Waals surface area contributed by atoms with Crippen LogP contribution in [0.1, 0.15) is 22.8 Å². The van der Waals surface area contributed by atoms with E-state index in [1.54, 1.807) is 6.07 Å². The highest BCUT2D eigenvalue weighted by molar-refractivity contribution is 6.33. The lowest BCUT2D eigenvalue weighted by Gasteiger charge is -2.05. The molecule has 0 aliphatic rings. The van der Waals surface area contributed by atoms with Gasteiger partial charge in [-0.1, -0.05) is 48.9 Å². The second-order valence-corrected chi connectivity index (χ2v) is 4.31. The van der Waals surface area contributed by atoms with Crippen LogP contribution < -0.4 is 0 Å². The van der Waals surface area contributed by atoms with E-state index in [4.69, 9.17) is 11.6 Å². The van der Waals surface area contributed by atoms with Gasteiger partial charge >= 0.3 is 0 Å². The van der Waals surface area contributed by atoms with E-state index in [0.29, 0.717) is 10.6 Å². The van der Waals surface area contributed by atoms with Crippen molar-refractivity contribution in [1.82, 2.24) is 0 Å². The molecule has 1 nitrogen and oxygen atoms in total. The average molecular weight is 245 g/mol. The predicted molar refractivity (Wildman–Crippen MR) is 71.7 cm³/mol. The minimum absolute atomic E-state index is 0.494. The van der Waals surface area contributed by atoms with Gasteiger partial charge in [-0.3, -0.25) is 4.79 Å². The monoisotopic (exact) mass is 244 g/mol. The summed E-state index contributed by atoms with van der Waals surface area (Å²) in [4.78, 5) is 10.8. The van der Waals surface area contributed by atoms with Gasteiger partial charge in [-0.15, -0.1) is 0 Å². The van der Waals surface area contributed by atoms with Crippen LogP contribution in [0.4, 0.5) is 0 Å². The summed E-state index contributed by atoms with van der Waals surface area (Å²) < 4.78 is 0. The summed E-state index contributed by atoms with van der Waals surface area (Å²) in [6.45, 7) is 2.13. The first-order valence-corrected chi connectivity index (χ1v) is 5.96. The quantitative estimate of drug-likeness (QED) is 0.733. The van der Waals surface area contributed by atoms with E-state index in [2.05, 4.69) is 31.2 Å². The minimum atomic E-state index is 0.494. The molecule has 0 aliphatic heterocycles. The maximum atomic E-state index is 10.8. The van der Waals surface area contributed by atoms with Gasteiger partial charge in [-0.05, 0) is 35.2 Å². The van der Waals surface area contributed by atoms with Crippen LogP contribution in [0.25, 0.3) is 11.1 Å². The zero-order valence-corrected chi connectivity index (χ0v) is 10.4. The SMILES string of the molecule is CCc1ccc(-c2ccc(Cl)c(C=O)c2)cc1. The topological polar surface area (TPSA) is 17.1 Å². The van der Waals surface area contributed by atoms with Gasteiger partial charge in [0.2, 0.25) is 0 Å². The van der Waals surface area contributed by atoms with Gasteiger partial charge in [0.1, 0.15) is 0 Å². The average Bonchev–Trinajstić information content (AvgIpc) is 2.39. The molecule has 0 unspecified atom stereocenters. The zero-order chi connectivity index (χ0) is 12.3. The van der Waals surface area contributed by atoms with Crippen molar-refractivity contribution in [3.8, 4) is 11.1 Å². The highest BCUT2D eigenvalue weighted by atomic mass is 35.5. The fourth-order valence-corrected chi connectivity index (χ4v) is 1.91. The Morgan fingerprint density at radius 1 is 1.06 bits per heavy atom. The summed E-state index contributed by atoms with van der Waals surface area (Å²) in [5.74, 6) is 0. The number of halogens is 1. The van der Waals surface area contributed by atoms with Crippen LogP contribution in [0, 0.1) is 0 Å². The van der Waals surface area contributed by atoms with Crippen molar-refractivity contribution >= 4 is 17.9 Å². The fourth-order valence-electron chi connectivity index (χ4n) is 1.75. The Kier molecular flexibility index (Phi) is 3.60. The normalized spacial score (nSPS) is 10.2. The predicted octanol–water partition coefficient (Wildman–Crippen LogP) is 4.38. The molecule has 0 heterocycles. The Labute approximate surface area is 106 Å². The van der Waals surface area contributed by atoms with Crippen LogP contribution in [0.3, 0.4) is 0 Å². The number of benzene rings is 2. The Bertz CT molecular complexity index is 529. The van der Waals surface area contributed by atoms with Crippen molar-refractivity contribution in [1.29, 1.82) is 0 Å². The lowest BCUT2D eigenvalue weighted by Crippen LogP contribution is -1.85. The first kappa shape index (κ1) is 11.9. The maximum Gasteiger partial charge on any atom is 0.151 e. The van der Waals surface area contributed by atoms with Gasteiger partial charge in [0.05, 0.1) is 5.02 Å². The van der Waals surface area contributed by atoms with E-state index in [1.807, 2.05) is 12.1 Å². The van der Waals surface area contributed by atoms with E-state index >= 15 is 0 Å². The molecule has 2 heteroatoms. The molecule has 0 aliphatic carbocycles. The molecule has 2 aromatic carbocycles. The van der Waals surface area contributed by atoms with Crippen molar-refractivity contribution in [2.24, 2.45) is 0 Å². The Morgan fingerprint density at radius 3 is 2.29 bits per heavy atom. The molecule has 0 amide bonds. The van der Waals surface area contributed by atoms with Gasteiger partial charge in [-0.2, -0.15) is 0 Å². The van der Waals surface area contributed by atoms with Crippen LogP contribution in [0.15, 0.2) is 42.5 Å². The molecule has 0 fully saturated rings. The molecule has 2 aromatic rings. The van der Waals surface area contributed by atoms with Crippen molar-refractivity contribution in [2.45, 2.75) is 13.3 Å². The number of rotatable bonds is 3. The van der Waals surface area contributed by atoms with E-state index in [-0.39, 0.29) is 0 Å². The Morgan fingerprint density at radius 2 is 1.71 bits per heavy atom. The molecule has 0 bridgehead atoms. The van der Waals surface area contributed by atoms with Crippen LogP contribution in [0.2, 0.25) is 5.02 Å².